The number of benzene rings is 1. The van der Waals surface area contributed by atoms with Crippen LogP contribution < -0.4 is 11.1 Å². The zero-order valence-electron chi connectivity index (χ0n) is 7.26. The highest BCUT2D eigenvalue weighted by Gasteiger charge is 2.10. The summed E-state index contributed by atoms with van der Waals surface area (Å²) in [5, 5.41) is 10.00. The highest BCUT2D eigenvalue weighted by atomic mass is 19.1. The molecule has 0 aliphatic rings. The van der Waals surface area contributed by atoms with Crippen molar-refractivity contribution in [2.24, 2.45) is 10.7 Å². The van der Waals surface area contributed by atoms with E-state index in [1.165, 1.54) is 6.19 Å². The van der Waals surface area contributed by atoms with E-state index in [4.69, 9.17) is 11.0 Å². The van der Waals surface area contributed by atoms with Crippen molar-refractivity contribution < 1.29 is 13.2 Å². The molecule has 0 amide bonds. The molecule has 78 valence electrons. The minimum Gasteiger partial charge on any atom is -0.369 e. The van der Waals surface area contributed by atoms with Crippen molar-refractivity contribution in [3.63, 3.8) is 0 Å². The number of guanidine groups is 1. The first-order chi connectivity index (χ1) is 7.04. The lowest BCUT2D eigenvalue weighted by Crippen LogP contribution is -2.26. The van der Waals surface area contributed by atoms with Gasteiger partial charge in [0.15, 0.2) is 17.8 Å². The zero-order valence-corrected chi connectivity index (χ0v) is 7.26. The van der Waals surface area contributed by atoms with Gasteiger partial charge in [-0.2, -0.15) is 5.26 Å². The fourth-order valence-corrected chi connectivity index (χ4v) is 0.847. The average molecular weight is 214 g/mol. The molecule has 15 heavy (non-hydrogen) atoms. The van der Waals surface area contributed by atoms with Gasteiger partial charge in [0, 0.05) is 12.1 Å². The first kappa shape index (κ1) is 10.8. The Morgan fingerprint density at radius 1 is 1.33 bits per heavy atom. The summed E-state index contributed by atoms with van der Waals surface area (Å²) in [7, 11) is 0. The van der Waals surface area contributed by atoms with Crippen LogP contribution in [0.4, 0.5) is 18.9 Å². The van der Waals surface area contributed by atoms with E-state index in [9.17, 15) is 13.2 Å². The van der Waals surface area contributed by atoms with Crippen molar-refractivity contribution in [1.29, 1.82) is 5.26 Å². The highest BCUT2D eigenvalue weighted by molar-refractivity contribution is 5.82. The van der Waals surface area contributed by atoms with Crippen molar-refractivity contribution in [3.05, 3.63) is 29.6 Å². The van der Waals surface area contributed by atoms with Crippen molar-refractivity contribution in [2.45, 2.75) is 0 Å². The van der Waals surface area contributed by atoms with E-state index >= 15 is 0 Å². The maximum Gasteiger partial charge on any atom is 0.207 e. The Labute approximate surface area is 82.8 Å². The molecular weight excluding hydrogens is 209 g/mol. The fraction of sp³-hybridized carbons (Fsp3) is 0. The first-order valence-corrected chi connectivity index (χ1v) is 3.68. The third kappa shape index (κ3) is 2.60. The van der Waals surface area contributed by atoms with Crippen LogP contribution in [0.2, 0.25) is 0 Å². The number of rotatable bonds is 1. The van der Waals surface area contributed by atoms with Crippen LogP contribution in [0.5, 0.6) is 0 Å². The number of nitrogens with zero attached hydrogens (tertiary/aromatic N) is 2. The summed E-state index contributed by atoms with van der Waals surface area (Å²) in [5.41, 5.74) is 4.33. The molecule has 0 saturated carbocycles. The number of hydrogen-bond donors (Lipinski definition) is 2. The molecule has 0 spiro atoms. The van der Waals surface area contributed by atoms with Crippen LogP contribution >= 0.6 is 0 Å². The Kier molecular flexibility index (Phi) is 3.13. The summed E-state index contributed by atoms with van der Waals surface area (Å²) in [4.78, 5) is 3.23. The maximum atomic E-state index is 13.0. The van der Waals surface area contributed by atoms with E-state index in [0.717, 1.165) is 0 Å². The van der Waals surface area contributed by atoms with E-state index in [0.29, 0.717) is 12.1 Å². The van der Waals surface area contributed by atoms with Gasteiger partial charge < -0.3 is 5.73 Å². The summed E-state index contributed by atoms with van der Waals surface area (Å²) in [6.07, 6.45) is 1.41. The van der Waals surface area contributed by atoms with E-state index < -0.39 is 29.1 Å². The molecule has 0 aliphatic heterocycles. The van der Waals surface area contributed by atoms with Gasteiger partial charge in [0.1, 0.15) is 11.5 Å². The topological polar surface area (TPSA) is 74.2 Å². The smallest absolute Gasteiger partial charge is 0.207 e. The Morgan fingerprint density at radius 2 is 1.87 bits per heavy atom. The molecule has 1 rings (SSSR count). The minimum atomic E-state index is -1.20. The quantitative estimate of drug-likeness (QED) is 0.318. The molecular formula is C8H5F3N4. The van der Waals surface area contributed by atoms with E-state index in [1.807, 2.05) is 5.32 Å². The van der Waals surface area contributed by atoms with E-state index in [-0.39, 0.29) is 0 Å². The number of nitrogens with one attached hydrogen (secondary N) is 1. The average Bonchev–Trinajstić information content (AvgIpc) is 2.11. The molecule has 0 unspecified atom stereocenters. The number of aliphatic imine (C=N–C) groups is 1. The molecule has 4 nitrogen and oxygen atoms in total. The first-order valence-electron chi connectivity index (χ1n) is 3.68. The van der Waals surface area contributed by atoms with Gasteiger partial charge in [-0.3, -0.25) is 5.32 Å². The SMILES string of the molecule is N#CNC(N)=Nc1c(F)cc(F)cc1F. The molecule has 1 aromatic carbocycles. The molecule has 1 aromatic rings. The monoisotopic (exact) mass is 214 g/mol. The van der Waals surface area contributed by atoms with Gasteiger partial charge in [-0.05, 0) is 0 Å². The second kappa shape index (κ2) is 4.32. The molecule has 0 heterocycles. The highest BCUT2D eigenvalue weighted by Crippen LogP contribution is 2.22. The van der Waals surface area contributed by atoms with Crippen LogP contribution in [-0.2, 0) is 0 Å². The van der Waals surface area contributed by atoms with Crippen molar-refractivity contribution >= 4 is 11.6 Å². The lowest BCUT2D eigenvalue weighted by molar-refractivity contribution is 0.546. The molecule has 3 N–H and O–H groups in total. The predicted molar refractivity (Wildman–Crippen MR) is 46.3 cm³/mol. The lowest BCUT2D eigenvalue weighted by Gasteiger charge is -2.00. The third-order valence-corrected chi connectivity index (χ3v) is 1.40. The van der Waals surface area contributed by atoms with Crippen molar-refractivity contribution in [2.75, 3.05) is 0 Å². The van der Waals surface area contributed by atoms with Crippen molar-refractivity contribution in [1.82, 2.24) is 5.32 Å². The van der Waals surface area contributed by atoms with Gasteiger partial charge in [-0.25, -0.2) is 18.2 Å². The summed E-state index contributed by atoms with van der Waals surface area (Å²) in [6, 6.07) is 0.920. The summed E-state index contributed by atoms with van der Waals surface area (Å²) in [6.45, 7) is 0. The van der Waals surface area contributed by atoms with Crippen LogP contribution in [0.3, 0.4) is 0 Å². The zero-order chi connectivity index (χ0) is 11.4. The minimum absolute atomic E-state index is 0.460. The van der Waals surface area contributed by atoms with Crippen LogP contribution in [0, 0.1) is 28.9 Å². The largest absolute Gasteiger partial charge is 0.369 e. The Bertz CT molecular complexity index is 427. The van der Waals surface area contributed by atoms with Crippen LogP contribution in [0.1, 0.15) is 0 Å². The second-order valence-corrected chi connectivity index (χ2v) is 2.45. The molecule has 0 aromatic heterocycles. The molecule has 7 heteroatoms. The Hall–Kier alpha value is -2.23. The van der Waals surface area contributed by atoms with Crippen LogP contribution in [-0.4, -0.2) is 5.96 Å². The molecule has 0 fully saturated rings. The Morgan fingerprint density at radius 3 is 2.33 bits per heavy atom. The predicted octanol–water partition coefficient (Wildman–Crippen LogP) is 1.12. The summed E-state index contributed by atoms with van der Waals surface area (Å²) in [5.74, 6) is -3.94. The summed E-state index contributed by atoms with van der Waals surface area (Å²) < 4.78 is 38.4. The lowest BCUT2D eigenvalue weighted by atomic mass is 10.3. The molecule has 0 saturated heterocycles. The normalized spacial score (nSPS) is 10.9. The number of hydrogen-bond acceptors (Lipinski definition) is 2. The standard InChI is InChI=1S/C8H5F3N4/c9-4-1-5(10)7(6(11)2-4)15-8(13)14-3-12/h1-2H,(H3,13,14,15). The third-order valence-electron chi connectivity index (χ3n) is 1.40. The number of nitrogens with two attached hydrogens (primary N) is 1. The van der Waals surface area contributed by atoms with Gasteiger partial charge >= 0.3 is 0 Å². The maximum absolute atomic E-state index is 13.0. The van der Waals surface area contributed by atoms with Gasteiger partial charge in [0.2, 0.25) is 5.96 Å². The van der Waals surface area contributed by atoms with Gasteiger partial charge in [-0.15, -0.1) is 0 Å². The fourth-order valence-electron chi connectivity index (χ4n) is 0.847. The van der Waals surface area contributed by atoms with Gasteiger partial charge in [0.25, 0.3) is 0 Å². The second-order valence-electron chi connectivity index (χ2n) is 2.45. The summed E-state index contributed by atoms with van der Waals surface area (Å²) >= 11 is 0. The van der Waals surface area contributed by atoms with E-state index in [2.05, 4.69) is 4.99 Å². The van der Waals surface area contributed by atoms with Crippen LogP contribution in [0.15, 0.2) is 17.1 Å². The van der Waals surface area contributed by atoms with Crippen LogP contribution in [0.25, 0.3) is 0 Å². The molecule has 0 atom stereocenters. The molecule has 0 bridgehead atoms. The molecule has 0 radical (unpaired) electrons. The van der Waals surface area contributed by atoms with Gasteiger partial charge in [0.05, 0.1) is 0 Å². The van der Waals surface area contributed by atoms with E-state index in [1.54, 1.807) is 0 Å². The Balaban J connectivity index is 3.16. The molecule has 0 aliphatic carbocycles. The van der Waals surface area contributed by atoms with Crippen molar-refractivity contribution in [3.8, 4) is 6.19 Å². The number of halogens is 3. The number of nitriles is 1. The van der Waals surface area contributed by atoms with Gasteiger partial charge in [-0.1, -0.05) is 0 Å².